The first-order valence-electron chi connectivity index (χ1n) is 4.61. The van der Waals surface area contributed by atoms with Crippen molar-refractivity contribution in [2.45, 2.75) is 32.9 Å². The molecule has 0 saturated carbocycles. The van der Waals surface area contributed by atoms with E-state index in [1.165, 1.54) is 0 Å². The van der Waals surface area contributed by atoms with Gasteiger partial charge in [0.1, 0.15) is 0 Å². The fourth-order valence-corrected chi connectivity index (χ4v) is 1.68. The maximum absolute atomic E-state index is 11.4. The van der Waals surface area contributed by atoms with E-state index in [4.69, 9.17) is 0 Å². The van der Waals surface area contributed by atoms with Gasteiger partial charge in [-0.1, -0.05) is 5.92 Å². The van der Waals surface area contributed by atoms with Crippen LogP contribution in [0.2, 0.25) is 0 Å². The molecule has 1 saturated heterocycles. The van der Waals surface area contributed by atoms with Crippen molar-refractivity contribution in [3.05, 3.63) is 0 Å². The Bertz CT molecular complexity index is 241. The molecule has 2 unspecified atom stereocenters. The normalized spacial score (nSPS) is 27.8. The summed E-state index contributed by atoms with van der Waals surface area (Å²) in [5, 5.41) is 3.36. The molecule has 3 nitrogen and oxygen atoms in total. The Kier molecular flexibility index (Phi) is 3.32. The molecule has 1 heterocycles. The Labute approximate surface area is 79.5 Å². The number of carbonyl (C=O) groups is 1. The van der Waals surface area contributed by atoms with E-state index in [2.05, 4.69) is 31.0 Å². The van der Waals surface area contributed by atoms with Crippen LogP contribution in [0.15, 0.2) is 0 Å². The molecule has 0 aliphatic carbocycles. The number of nitrogens with one attached hydrogen (secondary N) is 1. The molecule has 1 fully saturated rings. The van der Waals surface area contributed by atoms with Crippen LogP contribution in [-0.4, -0.2) is 36.0 Å². The highest BCUT2D eigenvalue weighted by atomic mass is 16.2. The Hall–Kier alpha value is -1.01. The van der Waals surface area contributed by atoms with E-state index >= 15 is 0 Å². The van der Waals surface area contributed by atoms with Gasteiger partial charge in [-0.25, -0.2) is 0 Å². The lowest BCUT2D eigenvalue weighted by Crippen LogP contribution is -2.55. The van der Waals surface area contributed by atoms with Crippen molar-refractivity contribution in [2.24, 2.45) is 0 Å². The summed E-state index contributed by atoms with van der Waals surface area (Å²) in [5.74, 6) is 5.15. The zero-order valence-corrected chi connectivity index (χ0v) is 8.42. The SMILES string of the molecule is CC#CC(=O)N1CC(C)NC(C)C1. The summed E-state index contributed by atoms with van der Waals surface area (Å²) in [7, 11) is 0. The summed E-state index contributed by atoms with van der Waals surface area (Å²) < 4.78 is 0. The van der Waals surface area contributed by atoms with E-state index in [0.29, 0.717) is 12.1 Å². The Morgan fingerprint density at radius 3 is 2.38 bits per heavy atom. The lowest BCUT2D eigenvalue weighted by Gasteiger charge is -2.34. The third-order valence-corrected chi connectivity index (χ3v) is 2.08. The molecule has 1 rings (SSSR count). The molecule has 0 radical (unpaired) electrons. The molecule has 1 amide bonds. The summed E-state index contributed by atoms with van der Waals surface area (Å²) in [5.41, 5.74) is 0. The Morgan fingerprint density at radius 2 is 1.92 bits per heavy atom. The molecule has 1 N–H and O–H groups in total. The molecule has 1 aliphatic rings. The van der Waals surface area contributed by atoms with Gasteiger partial charge in [0.2, 0.25) is 0 Å². The largest absolute Gasteiger partial charge is 0.329 e. The molecule has 2 atom stereocenters. The van der Waals surface area contributed by atoms with Gasteiger partial charge in [0, 0.05) is 25.2 Å². The summed E-state index contributed by atoms with van der Waals surface area (Å²) in [4.78, 5) is 13.2. The van der Waals surface area contributed by atoms with E-state index in [9.17, 15) is 4.79 Å². The molecule has 0 aromatic heterocycles. The van der Waals surface area contributed by atoms with Crippen LogP contribution in [0, 0.1) is 11.8 Å². The van der Waals surface area contributed by atoms with Gasteiger partial charge in [-0.05, 0) is 26.7 Å². The number of hydrogen-bond acceptors (Lipinski definition) is 2. The standard InChI is InChI=1S/C10H16N2O/c1-4-5-10(13)12-6-8(2)11-9(3)7-12/h8-9,11H,6-7H2,1-3H3. The van der Waals surface area contributed by atoms with Crippen LogP contribution in [0.1, 0.15) is 20.8 Å². The second kappa shape index (κ2) is 4.29. The minimum Gasteiger partial charge on any atom is -0.329 e. The van der Waals surface area contributed by atoms with Gasteiger partial charge in [0.05, 0.1) is 0 Å². The summed E-state index contributed by atoms with van der Waals surface area (Å²) in [6, 6.07) is 0.734. The number of amides is 1. The maximum Gasteiger partial charge on any atom is 0.298 e. The van der Waals surface area contributed by atoms with Crippen LogP contribution in [-0.2, 0) is 4.79 Å². The van der Waals surface area contributed by atoms with Crippen LogP contribution >= 0.6 is 0 Å². The van der Waals surface area contributed by atoms with Crippen molar-refractivity contribution in [3.63, 3.8) is 0 Å². The van der Waals surface area contributed by atoms with Gasteiger partial charge in [0.15, 0.2) is 0 Å². The van der Waals surface area contributed by atoms with Gasteiger partial charge < -0.3 is 10.2 Å². The highest BCUT2D eigenvalue weighted by molar-refractivity contribution is 5.93. The molecule has 0 aromatic rings. The lowest BCUT2D eigenvalue weighted by molar-refractivity contribution is -0.126. The number of piperazine rings is 1. The van der Waals surface area contributed by atoms with Crippen molar-refractivity contribution in [1.29, 1.82) is 0 Å². The first-order chi connectivity index (χ1) is 6.13. The third kappa shape index (κ3) is 2.74. The number of hydrogen-bond donors (Lipinski definition) is 1. The van der Waals surface area contributed by atoms with Gasteiger partial charge >= 0.3 is 0 Å². The molecule has 13 heavy (non-hydrogen) atoms. The first kappa shape index (κ1) is 10.1. The Morgan fingerprint density at radius 1 is 1.38 bits per heavy atom. The molecule has 3 heteroatoms. The van der Waals surface area contributed by atoms with Crippen LogP contribution in [0.4, 0.5) is 0 Å². The molecular weight excluding hydrogens is 164 g/mol. The topological polar surface area (TPSA) is 32.3 Å². The average Bonchev–Trinajstić information content (AvgIpc) is 2.03. The lowest BCUT2D eigenvalue weighted by atomic mass is 10.1. The molecule has 1 aliphatic heterocycles. The summed E-state index contributed by atoms with van der Waals surface area (Å²) in [6.45, 7) is 7.37. The highest BCUT2D eigenvalue weighted by Gasteiger charge is 2.23. The fraction of sp³-hybridized carbons (Fsp3) is 0.700. The van der Waals surface area contributed by atoms with Crippen molar-refractivity contribution in [3.8, 4) is 11.8 Å². The zero-order chi connectivity index (χ0) is 9.84. The van der Waals surface area contributed by atoms with Gasteiger partial charge in [-0.3, -0.25) is 4.79 Å². The van der Waals surface area contributed by atoms with E-state index in [1.807, 2.05) is 4.90 Å². The van der Waals surface area contributed by atoms with E-state index < -0.39 is 0 Å². The van der Waals surface area contributed by atoms with Crippen molar-refractivity contribution < 1.29 is 4.79 Å². The number of rotatable bonds is 0. The van der Waals surface area contributed by atoms with Crippen molar-refractivity contribution in [1.82, 2.24) is 10.2 Å². The van der Waals surface area contributed by atoms with Crippen LogP contribution < -0.4 is 5.32 Å². The number of carbonyl (C=O) groups excluding carboxylic acids is 1. The maximum atomic E-state index is 11.4. The number of nitrogens with zero attached hydrogens (tertiary/aromatic N) is 1. The molecule has 72 valence electrons. The van der Waals surface area contributed by atoms with Crippen LogP contribution in [0.3, 0.4) is 0 Å². The van der Waals surface area contributed by atoms with E-state index in [-0.39, 0.29) is 5.91 Å². The van der Waals surface area contributed by atoms with Gasteiger partial charge in [-0.15, -0.1) is 0 Å². The third-order valence-electron chi connectivity index (χ3n) is 2.08. The van der Waals surface area contributed by atoms with E-state index in [0.717, 1.165) is 13.1 Å². The minimum atomic E-state index is -0.0531. The minimum absolute atomic E-state index is 0.0531. The second-order valence-electron chi connectivity index (χ2n) is 3.55. The van der Waals surface area contributed by atoms with Crippen LogP contribution in [0.25, 0.3) is 0 Å². The van der Waals surface area contributed by atoms with E-state index in [1.54, 1.807) is 6.92 Å². The summed E-state index contributed by atoms with van der Waals surface area (Å²) >= 11 is 0. The van der Waals surface area contributed by atoms with Gasteiger partial charge in [-0.2, -0.15) is 0 Å². The average molecular weight is 180 g/mol. The van der Waals surface area contributed by atoms with Gasteiger partial charge in [0.25, 0.3) is 5.91 Å². The Balaban J connectivity index is 2.58. The summed E-state index contributed by atoms with van der Waals surface area (Å²) in [6.07, 6.45) is 0. The quantitative estimate of drug-likeness (QED) is 0.541. The van der Waals surface area contributed by atoms with Crippen molar-refractivity contribution >= 4 is 5.91 Å². The first-order valence-corrected chi connectivity index (χ1v) is 4.61. The monoisotopic (exact) mass is 180 g/mol. The van der Waals surface area contributed by atoms with Crippen LogP contribution in [0.5, 0.6) is 0 Å². The molecule has 0 bridgehead atoms. The second-order valence-corrected chi connectivity index (χ2v) is 3.55. The predicted molar refractivity (Wildman–Crippen MR) is 52.1 cm³/mol. The molecule has 0 spiro atoms. The fourth-order valence-electron chi connectivity index (χ4n) is 1.68. The highest BCUT2D eigenvalue weighted by Crippen LogP contribution is 2.03. The van der Waals surface area contributed by atoms with Crippen molar-refractivity contribution in [2.75, 3.05) is 13.1 Å². The molecule has 0 aromatic carbocycles. The zero-order valence-electron chi connectivity index (χ0n) is 8.42. The smallest absolute Gasteiger partial charge is 0.298 e. The predicted octanol–water partition coefficient (Wildman–Crippen LogP) is 0.218. The molecular formula is C10H16N2O.